The van der Waals surface area contributed by atoms with Crippen LogP contribution in [0, 0.1) is 0 Å². The summed E-state index contributed by atoms with van der Waals surface area (Å²) in [5, 5.41) is 5.58. The number of rotatable bonds is 6. The fourth-order valence-electron chi connectivity index (χ4n) is 2.05. The van der Waals surface area contributed by atoms with Crippen LogP contribution in [0.4, 0.5) is 5.69 Å². The van der Waals surface area contributed by atoms with Crippen molar-refractivity contribution in [3.05, 3.63) is 52.2 Å². The molecule has 1 aromatic carbocycles. The molecule has 2 rings (SSSR count). The number of anilines is 1. The lowest BCUT2D eigenvalue weighted by molar-refractivity contribution is 0.0378. The van der Waals surface area contributed by atoms with Gasteiger partial charge in [-0.2, -0.15) is 0 Å². The molecule has 1 atom stereocenters. The normalized spacial score (nSPS) is 12.2. The summed E-state index contributed by atoms with van der Waals surface area (Å²) in [6, 6.07) is 12.0. The van der Waals surface area contributed by atoms with Crippen LogP contribution in [0.2, 0.25) is 0 Å². The molecule has 4 heteroatoms. The molecule has 0 aliphatic heterocycles. The Morgan fingerprint density at radius 3 is 2.48 bits per heavy atom. The van der Waals surface area contributed by atoms with Crippen molar-refractivity contribution >= 4 is 23.0 Å². The number of hydrogen-bond donors (Lipinski definition) is 1. The smallest absolute Gasteiger partial charge is 0.338 e. The average Bonchev–Trinajstić information content (AvgIpc) is 2.98. The molecule has 2 aromatic rings. The van der Waals surface area contributed by atoms with Crippen molar-refractivity contribution in [3.8, 4) is 0 Å². The lowest BCUT2D eigenvalue weighted by atomic mass is 10.1. The highest BCUT2D eigenvalue weighted by atomic mass is 32.1. The van der Waals surface area contributed by atoms with Crippen molar-refractivity contribution in [3.63, 3.8) is 0 Å². The highest BCUT2D eigenvalue weighted by Gasteiger charge is 2.12. The largest absolute Gasteiger partial charge is 0.459 e. The number of hydrogen-bond acceptors (Lipinski definition) is 4. The molecule has 0 amide bonds. The van der Waals surface area contributed by atoms with Crippen LogP contribution in [-0.2, 0) is 4.74 Å². The molecule has 0 saturated heterocycles. The molecule has 1 N–H and O–H groups in total. The van der Waals surface area contributed by atoms with Crippen LogP contribution < -0.4 is 5.32 Å². The van der Waals surface area contributed by atoms with Crippen molar-refractivity contribution in [2.24, 2.45) is 0 Å². The summed E-state index contributed by atoms with van der Waals surface area (Å²) in [6.07, 6.45) is 0.913. The summed E-state index contributed by atoms with van der Waals surface area (Å²) in [5.41, 5.74) is 1.59. The second-order valence-corrected chi connectivity index (χ2v) is 6.13. The van der Waals surface area contributed by atoms with E-state index in [1.165, 1.54) is 4.88 Å². The molecule has 0 aliphatic rings. The molecule has 1 heterocycles. The molecule has 0 spiro atoms. The Kier molecular flexibility index (Phi) is 5.39. The van der Waals surface area contributed by atoms with Gasteiger partial charge in [0.2, 0.25) is 0 Å². The van der Waals surface area contributed by atoms with Crippen LogP contribution in [0.1, 0.15) is 48.5 Å². The second kappa shape index (κ2) is 7.27. The fraction of sp³-hybridized carbons (Fsp3) is 0.353. The first-order valence-electron chi connectivity index (χ1n) is 7.21. The van der Waals surface area contributed by atoms with Crippen LogP contribution >= 0.6 is 11.3 Å². The van der Waals surface area contributed by atoms with E-state index < -0.39 is 0 Å². The second-order valence-electron chi connectivity index (χ2n) is 5.15. The first-order valence-corrected chi connectivity index (χ1v) is 8.09. The average molecular weight is 303 g/mol. The summed E-state index contributed by atoms with van der Waals surface area (Å²) >= 11 is 1.75. The fourth-order valence-corrected chi connectivity index (χ4v) is 2.91. The van der Waals surface area contributed by atoms with E-state index in [0.717, 1.165) is 12.1 Å². The minimum Gasteiger partial charge on any atom is -0.459 e. The standard InChI is InChI=1S/C17H21NO2S/c1-4-15(16-6-5-11-21-16)18-14-9-7-13(8-10-14)17(19)20-12(2)3/h5-12,15,18H,4H2,1-3H3. The van der Waals surface area contributed by atoms with Gasteiger partial charge in [-0.15, -0.1) is 11.3 Å². The molecule has 112 valence electrons. The Bertz CT molecular complexity index is 561. The van der Waals surface area contributed by atoms with Crippen molar-refractivity contribution in [2.45, 2.75) is 39.3 Å². The first-order chi connectivity index (χ1) is 10.1. The number of benzene rings is 1. The quantitative estimate of drug-likeness (QED) is 0.773. The summed E-state index contributed by atoms with van der Waals surface area (Å²) in [4.78, 5) is 13.1. The zero-order valence-electron chi connectivity index (χ0n) is 12.6. The summed E-state index contributed by atoms with van der Waals surface area (Å²) in [5.74, 6) is -0.276. The molecule has 0 aliphatic carbocycles. The zero-order chi connectivity index (χ0) is 15.2. The highest BCUT2D eigenvalue weighted by molar-refractivity contribution is 7.10. The van der Waals surface area contributed by atoms with Crippen LogP contribution in [0.5, 0.6) is 0 Å². The molecular weight excluding hydrogens is 282 g/mol. The van der Waals surface area contributed by atoms with Crippen molar-refractivity contribution in [2.75, 3.05) is 5.32 Å². The van der Waals surface area contributed by atoms with Gasteiger partial charge in [-0.25, -0.2) is 4.79 Å². The van der Waals surface area contributed by atoms with Gasteiger partial charge in [-0.1, -0.05) is 13.0 Å². The Hall–Kier alpha value is -1.81. The maximum Gasteiger partial charge on any atom is 0.338 e. The molecule has 0 fully saturated rings. The molecule has 1 aromatic heterocycles. The SMILES string of the molecule is CCC(Nc1ccc(C(=O)OC(C)C)cc1)c1cccs1. The first kappa shape index (κ1) is 15.6. The summed E-state index contributed by atoms with van der Waals surface area (Å²) < 4.78 is 5.18. The zero-order valence-corrected chi connectivity index (χ0v) is 13.4. The summed E-state index contributed by atoms with van der Waals surface area (Å²) in [6.45, 7) is 5.85. The molecule has 0 radical (unpaired) electrons. The van der Waals surface area contributed by atoms with E-state index in [1.54, 1.807) is 23.5 Å². The van der Waals surface area contributed by atoms with E-state index in [4.69, 9.17) is 4.74 Å². The third-order valence-electron chi connectivity index (χ3n) is 3.10. The Labute approximate surface area is 130 Å². The number of ether oxygens (including phenoxy) is 1. The lowest BCUT2D eigenvalue weighted by Crippen LogP contribution is -2.12. The van der Waals surface area contributed by atoms with E-state index in [-0.39, 0.29) is 12.1 Å². The third-order valence-corrected chi connectivity index (χ3v) is 4.09. The van der Waals surface area contributed by atoms with Gasteiger partial charge in [0.15, 0.2) is 0 Å². The molecule has 21 heavy (non-hydrogen) atoms. The monoisotopic (exact) mass is 303 g/mol. The van der Waals surface area contributed by atoms with Crippen molar-refractivity contribution in [1.29, 1.82) is 0 Å². The van der Waals surface area contributed by atoms with Gasteiger partial charge in [0, 0.05) is 10.6 Å². The molecular formula is C17H21NO2S. The number of carbonyl (C=O) groups is 1. The Morgan fingerprint density at radius 1 is 1.24 bits per heavy atom. The maximum absolute atomic E-state index is 11.8. The van der Waals surface area contributed by atoms with E-state index in [1.807, 2.05) is 26.0 Å². The van der Waals surface area contributed by atoms with Gasteiger partial charge >= 0.3 is 5.97 Å². The minimum absolute atomic E-state index is 0.0985. The number of nitrogens with one attached hydrogen (secondary N) is 1. The van der Waals surface area contributed by atoms with Gasteiger partial charge in [0.1, 0.15) is 0 Å². The van der Waals surface area contributed by atoms with E-state index in [0.29, 0.717) is 11.6 Å². The predicted octanol–water partition coefficient (Wildman–Crippen LogP) is 4.88. The lowest BCUT2D eigenvalue weighted by Gasteiger charge is -2.17. The van der Waals surface area contributed by atoms with Crippen LogP contribution in [-0.4, -0.2) is 12.1 Å². The van der Waals surface area contributed by atoms with Gasteiger partial charge < -0.3 is 10.1 Å². The number of esters is 1. The van der Waals surface area contributed by atoms with Gasteiger partial charge in [-0.3, -0.25) is 0 Å². The van der Waals surface area contributed by atoms with Crippen LogP contribution in [0.15, 0.2) is 41.8 Å². The summed E-state index contributed by atoms with van der Waals surface area (Å²) in [7, 11) is 0. The molecule has 0 saturated carbocycles. The van der Waals surface area contributed by atoms with Gasteiger partial charge in [0.05, 0.1) is 17.7 Å². The number of thiophene rings is 1. The molecule has 1 unspecified atom stereocenters. The Morgan fingerprint density at radius 2 is 1.95 bits per heavy atom. The number of carbonyl (C=O) groups excluding carboxylic acids is 1. The van der Waals surface area contributed by atoms with Crippen molar-refractivity contribution in [1.82, 2.24) is 0 Å². The van der Waals surface area contributed by atoms with E-state index in [2.05, 4.69) is 29.8 Å². The van der Waals surface area contributed by atoms with E-state index >= 15 is 0 Å². The molecule has 3 nitrogen and oxygen atoms in total. The Balaban J connectivity index is 2.03. The maximum atomic E-state index is 11.8. The van der Waals surface area contributed by atoms with E-state index in [9.17, 15) is 4.79 Å². The third kappa shape index (κ3) is 4.33. The minimum atomic E-state index is -0.276. The van der Waals surface area contributed by atoms with Crippen LogP contribution in [0.25, 0.3) is 0 Å². The topological polar surface area (TPSA) is 38.3 Å². The molecule has 0 bridgehead atoms. The highest BCUT2D eigenvalue weighted by Crippen LogP contribution is 2.26. The van der Waals surface area contributed by atoms with Crippen molar-refractivity contribution < 1.29 is 9.53 Å². The predicted molar refractivity (Wildman–Crippen MR) is 88.0 cm³/mol. The van der Waals surface area contributed by atoms with Crippen LogP contribution in [0.3, 0.4) is 0 Å². The van der Waals surface area contributed by atoms with Gasteiger partial charge in [0.25, 0.3) is 0 Å². The van der Waals surface area contributed by atoms with Gasteiger partial charge in [-0.05, 0) is 56.0 Å².